The lowest BCUT2D eigenvalue weighted by Crippen LogP contribution is -2.26. The predicted molar refractivity (Wildman–Crippen MR) is 107 cm³/mol. The number of hydrogen-bond donors (Lipinski definition) is 1. The van der Waals surface area contributed by atoms with Crippen LogP contribution in [0.15, 0.2) is 36.7 Å². The van der Waals surface area contributed by atoms with Crippen LogP contribution < -0.4 is 10.2 Å². The van der Waals surface area contributed by atoms with Gasteiger partial charge in [-0.1, -0.05) is 24.3 Å². The third kappa shape index (κ3) is 4.70. The molecule has 0 aliphatic rings. The van der Waals surface area contributed by atoms with Gasteiger partial charge >= 0.3 is 6.18 Å². The highest BCUT2D eigenvalue weighted by molar-refractivity contribution is 6.28. The number of aldehydes is 1. The minimum Gasteiger partial charge on any atom is -0.384 e. The molecule has 0 unspecified atom stereocenters. The van der Waals surface area contributed by atoms with Crippen molar-refractivity contribution in [1.29, 1.82) is 0 Å². The maximum absolute atomic E-state index is 12.9. The molecule has 158 valence electrons. The van der Waals surface area contributed by atoms with Gasteiger partial charge in [0.05, 0.1) is 18.4 Å². The Labute approximate surface area is 175 Å². The van der Waals surface area contributed by atoms with Crippen LogP contribution in [0.2, 0.25) is 5.28 Å². The molecule has 0 aliphatic carbocycles. The summed E-state index contributed by atoms with van der Waals surface area (Å²) in [5.41, 5.74) is 1.02. The van der Waals surface area contributed by atoms with Gasteiger partial charge in [0, 0.05) is 32.4 Å². The molecule has 7 nitrogen and oxygen atoms in total. The maximum atomic E-state index is 12.9. The van der Waals surface area contributed by atoms with Gasteiger partial charge in [-0.05, 0) is 17.2 Å². The van der Waals surface area contributed by atoms with Crippen molar-refractivity contribution in [1.82, 2.24) is 19.5 Å². The topological polar surface area (TPSA) is 75.9 Å². The first-order chi connectivity index (χ1) is 14.2. The second-order valence-electron chi connectivity index (χ2n) is 6.43. The molecule has 30 heavy (non-hydrogen) atoms. The van der Waals surface area contributed by atoms with Gasteiger partial charge in [-0.25, -0.2) is 9.97 Å². The van der Waals surface area contributed by atoms with Crippen LogP contribution in [-0.4, -0.2) is 39.4 Å². The Kier molecular flexibility index (Phi) is 6.25. The molecule has 0 amide bonds. The van der Waals surface area contributed by atoms with E-state index in [2.05, 4.69) is 20.3 Å². The predicted octanol–water partition coefficient (Wildman–Crippen LogP) is 3.80. The van der Waals surface area contributed by atoms with E-state index < -0.39 is 11.9 Å². The SMILES string of the molecule is CNc1cnc(Cl)nc1N(CC=O)Cc1ccc(-c2nc(C(F)(F)F)cn2C)cc1. The van der Waals surface area contributed by atoms with Gasteiger partial charge in [0.1, 0.15) is 12.1 Å². The summed E-state index contributed by atoms with van der Waals surface area (Å²) in [6.07, 6.45) is -1.29. The van der Waals surface area contributed by atoms with Crippen LogP contribution in [0.25, 0.3) is 11.4 Å². The number of benzene rings is 1. The van der Waals surface area contributed by atoms with E-state index in [1.54, 1.807) is 36.2 Å². The van der Waals surface area contributed by atoms with Crippen LogP contribution in [-0.2, 0) is 24.6 Å². The number of imidazole rings is 1. The number of nitrogens with zero attached hydrogens (tertiary/aromatic N) is 5. The van der Waals surface area contributed by atoms with Crippen molar-refractivity contribution < 1.29 is 18.0 Å². The molecule has 0 fully saturated rings. The van der Waals surface area contributed by atoms with Gasteiger partial charge in [-0.3, -0.25) is 0 Å². The molecule has 2 aromatic heterocycles. The van der Waals surface area contributed by atoms with Gasteiger partial charge < -0.3 is 19.6 Å². The molecule has 0 bridgehead atoms. The zero-order valence-electron chi connectivity index (χ0n) is 16.1. The van der Waals surface area contributed by atoms with Gasteiger partial charge in [0.15, 0.2) is 11.5 Å². The molecule has 0 spiro atoms. The number of halogens is 4. The van der Waals surface area contributed by atoms with E-state index in [0.29, 0.717) is 23.6 Å². The van der Waals surface area contributed by atoms with Crippen LogP contribution in [0.5, 0.6) is 0 Å². The minimum absolute atomic E-state index is 0.0468. The fraction of sp³-hybridized carbons (Fsp3) is 0.263. The number of nitrogens with one attached hydrogen (secondary N) is 1. The molecule has 1 aromatic carbocycles. The number of alkyl halides is 3. The van der Waals surface area contributed by atoms with Crippen molar-refractivity contribution in [3.05, 3.63) is 53.2 Å². The molecule has 3 rings (SSSR count). The lowest BCUT2D eigenvalue weighted by Gasteiger charge is -2.23. The number of carbonyl (C=O) groups is 1. The standard InChI is InChI=1S/C19H18ClF3N6O/c1-24-14-9-25-18(20)27-17(14)29(7-8-30)10-12-3-5-13(6-4-12)16-26-15(11-28(16)2)19(21,22)23/h3-6,8-9,11,24H,7,10H2,1-2H3. The fourth-order valence-corrected chi connectivity index (χ4v) is 3.06. The zero-order valence-corrected chi connectivity index (χ0v) is 16.9. The second kappa shape index (κ2) is 8.70. The summed E-state index contributed by atoms with van der Waals surface area (Å²) in [6, 6.07) is 6.89. The Morgan fingerprint density at radius 3 is 2.50 bits per heavy atom. The lowest BCUT2D eigenvalue weighted by molar-refractivity contribution is -0.140. The first-order valence-electron chi connectivity index (χ1n) is 8.81. The Morgan fingerprint density at radius 2 is 1.93 bits per heavy atom. The van der Waals surface area contributed by atoms with Crippen molar-refractivity contribution in [2.45, 2.75) is 12.7 Å². The second-order valence-corrected chi connectivity index (χ2v) is 6.77. The minimum atomic E-state index is -4.50. The smallest absolute Gasteiger partial charge is 0.384 e. The van der Waals surface area contributed by atoms with Crippen molar-refractivity contribution in [2.24, 2.45) is 7.05 Å². The highest BCUT2D eigenvalue weighted by Gasteiger charge is 2.34. The fourth-order valence-electron chi connectivity index (χ4n) is 2.94. The van der Waals surface area contributed by atoms with Crippen molar-refractivity contribution in [2.75, 3.05) is 23.8 Å². The van der Waals surface area contributed by atoms with E-state index in [0.717, 1.165) is 18.0 Å². The van der Waals surface area contributed by atoms with Crippen LogP contribution in [0, 0.1) is 0 Å². The normalized spacial score (nSPS) is 11.4. The van der Waals surface area contributed by atoms with E-state index >= 15 is 0 Å². The summed E-state index contributed by atoms with van der Waals surface area (Å²) in [5, 5.41) is 3.00. The largest absolute Gasteiger partial charge is 0.434 e. The van der Waals surface area contributed by atoms with Crippen LogP contribution in [0.3, 0.4) is 0 Å². The molecule has 0 saturated carbocycles. The Balaban J connectivity index is 1.86. The van der Waals surface area contributed by atoms with E-state index in [1.807, 2.05) is 0 Å². The summed E-state index contributed by atoms with van der Waals surface area (Å²) in [4.78, 5) is 24.7. The summed E-state index contributed by atoms with van der Waals surface area (Å²) in [5.74, 6) is 0.672. The first-order valence-corrected chi connectivity index (χ1v) is 9.19. The number of hydrogen-bond acceptors (Lipinski definition) is 6. The number of carbonyl (C=O) groups excluding carboxylic acids is 1. The molecule has 0 saturated heterocycles. The third-order valence-electron chi connectivity index (χ3n) is 4.36. The Hall–Kier alpha value is -3.14. The number of anilines is 2. The maximum Gasteiger partial charge on any atom is 0.434 e. The Morgan fingerprint density at radius 1 is 1.23 bits per heavy atom. The van der Waals surface area contributed by atoms with Crippen molar-refractivity contribution in [3.63, 3.8) is 0 Å². The Bertz CT molecular complexity index is 1040. The zero-order chi connectivity index (χ0) is 21.9. The van der Waals surface area contributed by atoms with Gasteiger partial charge in [-0.15, -0.1) is 0 Å². The first kappa shape index (κ1) is 21.6. The summed E-state index contributed by atoms with van der Waals surface area (Å²) in [6.45, 7) is 0.396. The monoisotopic (exact) mass is 438 g/mol. The van der Waals surface area contributed by atoms with Gasteiger partial charge in [0.25, 0.3) is 0 Å². The van der Waals surface area contributed by atoms with E-state index in [4.69, 9.17) is 11.6 Å². The highest BCUT2D eigenvalue weighted by Crippen LogP contribution is 2.31. The van der Waals surface area contributed by atoms with Crippen molar-refractivity contribution >= 4 is 29.4 Å². The highest BCUT2D eigenvalue weighted by atomic mass is 35.5. The third-order valence-corrected chi connectivity index (χ3v) is 4.54. The molecule has 1 N–H and O–H groups in total. The van der Waals surface area contributed by atoms with E-state index in [-0.39, 0.29) is 17.7 Å². The lowest BCUT2D eigenvalue weighted by atomic mass is 10.1. The van der Waals surface area contributed by atoms with E-state index in [9.17, 15) is 18.0 Å². The van der Waals surface area contributed by atoms with Crippen LogP contribution in [0.1, 0.15) is 11.3 Å². The molecule has 2 heterocycles. The average Bonchev–Trinajstić information content (AvgIpc) is 3.10. The molecular formula is C19H18ClF3N6O. The van der Waals surface area contributed by atoms with Gasteiger partial charge in [0.2, 0.25) is 5.28 Å². The summed E-state index contributed by atoms with van der Waals surface area (Å²) >= 11 is 5.90. The quantitative estimate of drug-likeness (QED) is 0.447. The molecular weight excluding hydrogens is 421 g/mol. The van der Waals surface area contributed by atoms with Crippen LogP contribution in [0.4, 0.5) is 24.7 Å². The van der Waals surface area contributed by atoms with Crippen LogP contribution >= 0.6 is 11.6 Å². The molecule has 0 radical (unpaired) electrons. The summed E-state index contributed by atoms with van der Waals surface area (Å²) < 4.78 is 40.0. The molecule has 0 aliphatic heterocycles. The number of aryl methyl sites for hydroxylation is 1. The molecule has 3 aromatic rings. The van der Waals surface area contributed by atoms with Gasteiger partial charge in [-0.2, -0.15) is 18.2 Å². The average molecular weight is 439 g/mol. The molecule has 0 atom stereocenters. The number of aromatic nitrogens is 4. The van der Waals surface area contributed by atoms with E-state index in [1.165, 1.54) is 17.8 Å². The summed E-state index contributed by atoms with van der Waals surface area (Å²) in [7, 11) is 3.21. The molecule has 11 heteroatoms. The number of rotatable bonds is 7. The van der Waals surface area contributed by atoms with Crippen molar-refractivity contribution in [3.8, 4) is 11.4 Å².